The minimum Gasteiger partial charge on any atom is -0.397 e. The summed E-state index contributed by atoms with van der Waals surface area (Å²) in [7, 11) is 1.65. The standard InChI is InChI=1S/C14H19N3O2S/c1-8(7-19-3)6-16-13(18)12-11(15)10-5-4-9(2)17-14(10)20-12/h4-5,8H,6-7,15H2,1-3H3,(H,16,18). The van der Waals surface area contributed by atoms with Crippen molar-refractivity contribution in [2.45, 2.75) is 13.8 Å². The van der Waals surface area contributed by atoms with Gasteiger partial charge in [-0.2, -0.15) is 0 Å². The summed E-state index contributed by atoms with van der Waals surface area (Å²) in [5.74, 6) is 0.117. The van der Waals surface area contributed by atoms with Crippen molar-refractivity contribution in [3.8, 4) is 0 Å². The first-order valence-electron chi connectivity index (χ1n) is 6.45. The Hall–Kier alpha value is -1.66. The molecule has 0 spiro atoms. The van der Waals surface area contributed by atoms with Crippen LogP contribution in [0.3, 0.4) is 0 Å². The molecule has 0 saturated carbocycles. The number of amides is 1. The number of pyridine rings is 1. The van der Waals surface area contributed by atoms with Crippen LogP contribution in [0.15, 0.2) is 12.1 Å². The lowest BCUT2D eigenvalue weighted by Crippen LogP contribution is -2.29. The summed E-state index contributed by atoms with van der Waals surface area (Å²) in [6.45, 7) is 5.11. The van der Waals surface area contributed by atoms with Gasteiger partial charge in [0, 0.05) is 24.7 Å². The maximum atomic E-state index is 12.2. The Labute approximate surface area is 122 Å². The number of aryl methyl sites for hydroxylation is 1. The molecule has 2 rings (SSSR count). The van der Waals surface area contributed by atoms with Crippen molar-refractivity contribution in [2.75, 3.05) is 26.0 Å². The van der Waals surface area contributed by atoms with E-state index in [0.717, 1.165) is 15.9 Å². The molecule has 0 aliphatic carbocycles. The third-order valence-electron chi connectivity index (χ3n) is 3.00. The maximum absolute atomic E-state index is 12.2. The Morgan fingerprint density at radius 1 is 1.55 bits per heavy atom. The smallest absolute Gasteiger partial charge is 0.263 e. The molecule has 0 bridgehead atoms. The van der Waals surface area contributed by atoms with E-state index in [1.54, 1.807) is 7.11 Å². The Morgan fingerprint density at radius 3 is 3.00 bits per heavy atom. The molecule has 1 amide bonds. The zero-order valence-electron chi connectivity index (χ0n) is 11.9. The number of carbonyl (C=O) groups excluding carboxylic acids is 1. The second-order valence-electron chi connectivity index (χ2n) is 4.92. The third-order valence-corrected chi connectivity index (χ3v) is 4.12. The number of fused-ring (bicyclic) bond motifs is 1. The first-order chi connectivity index (χ1) is 9.52. The number of nitrogens with one attached hydrogen (secondary N) is 1. The molecule has 2 heterocycles. The summed E-state index contributed by atoms with van der Waals surface area (Å²) in [4.78, 5) is 17.9. The molecule has 3 N–H and O–H groups in total. The van der Waals surface area contributed by atoms with E-state index in [4.69, 9.17) is 10.5 Å². The monoisotopic (exact) mass is 293 g/mol. The van der Waals surface area contributed by atoms with Gasteiger partial charge in [-0.05, 0) is 25.0 Å². The van der Waals surface area contributed by atoms with Crippen LogP contribution in [-0.4, -0.2) is 31.2 Å². The van der Waals surface area contributed by atoms with E-state index in [1.807, 2.05) is 26.0 Å². The minimum absolute atomic E-state index is 0.147. The molecule has 108 valence electrons. The Morgan fingerprint density at radius 2 is 2.30 bits per heavy atom. The number of methoxy groups -OCH3 is 1. The fraction of sp³-hybridized carbons (Fsp3) is 0.429. The Balaban J connectivity index is 2.16. The second kappa shape index (κ2) is 6.19. The highest BCUT2D eigenvalue weighted by Crippen LogP contribution is 2.32. The highest BCUT2D eigenvalue weighted by molar-refractivity contribution is 7.21. The summed E-state index contributed by atoms with van der Waals surface area (Å²) in [5, 5.41) is 3.73. The van der Waals surface area contributed by atoms with E-state index in [9.17, 15) is 4.79 Å². The van der Waals surface area contributed by atoms with E-state index in [2.05, 4.69) is 10.3 Å². The van der Waals surface area contributed by atoms with Gasteiger partial charge in [0.2, 0.25) is 0 Å². The van der Waals surface area contributed by atoms with Gasteiger partial charge in [-0.3, -0.25) is 4.79 Å². The van der Waals surface area contributed by atoms with Gasteiger partial charge in [-0.25, -0.2) is 4.98 Å². The number of nitrogen functional groups attached to an aromatic ring is 1. The van der Waals surface area contributed by atoms with E-state index >= 15 is 0 Å². The summed E-state index contributed by atoms with van der Waals surface area (Å²) in [5.41, 5.74) is 7.46. The molecule has 0 saturated heterocycles. The number of carbonyl (C=O) groups is 1. The number of hydrogen-bond acceptors (Lipinski definition) is 5. The zero-order chi connectivity index (χ0) is 14.7. The van der Waals surface area contributed by atoms with E-state index in [1.165, 1.54) is 11.3 Å². The number of nitrogens with two attached hydrogens (primary N) is 1. The number of ether oxygens (including phenoxy) is 1. The molecule has 2 aromatic heterocycles. The lowest BCUT2D eigenvalue weighted by Gasteiger charge is -2.10. The molecule has 0 aliphatic heterocycles. The number of rotatable bonds is 5. The molecule has 2 aromatic rings. The van der Waals surface area contributed by atoms with Crippen molar-refractivity contribution in [3.05, 3.63) is 22.7 Å². The first-order valence-corrected chi connectivity index (χ1v) is 7.27. The largest absolute Gasteiger partial charge is 0.397 e. The predicted octanol–water partition coefficient (Wildman–Crippen LogP) is 2.20. The summed E-state index contributed by atoms with van der Waals surface area (Å²) < 4.78 is 5.04. The van der Waals surface area contributed by atoms with Crippen molar-refractivity contribution < 1.29 is 9.53 Å². The van der Waals surface area contributed by atoms with Crippen LogP contribution in [0.2, 0.25) is 0 Å². The molecular weight excluding hydrogens is 274 g/mol. The van der Waals surface area contributed by atoms with Crippen LogP contribution in [-0.2, 0) is 4.74 Å². The number of aromatic nitrogens is 1. The molecule has 0 radical (unpaired) electrons. The zero-order valence-corrected chi connectivity index (χ0v) is 12.7. The molecular formula is C14H19N3O2S. The lowest BCUT2D eigenvalue weighted by molar-refractivity contribution is 0.0939. The summed E-state index contributed by atoms with van der Waals surface area (Å²) >= 11 is 1.33. The molecule has 20 heavy (non-hydrogen) atoms. The van der Waals surface area contributed by atoms with Gasteiger partial charge in [0.15, 0.2) is 0 Å². The van der Waals surface area contributed by atoms with Gasteiger partial charge in [-0.1, -0.05) is 6.92 Å². The maximum Gasteiger partial charge on any atom is 0.263 e. The van der Waals surface area contributed by atoms with Crippen LogP contribution < -0.4 is 11.1 Å². The van der Waals surface area contributed by atoms with E-state index < -0.39 is 0 Å². The van der Waals surface area contributed by atoms with Gasteiger partial charge in [-0.15, -0.1) is 11.3 Å². The molecule has 1 atom stereocenters. The van der Waals surface area contributed by atoms with Gasteiger partial charge < -0.3 is 15.8 Å². The third kappa shape index (κ3) is 3.08. The van der Waals surface area contributed by atoms with Crippen LogP contribution >= 0.6 is 11.3 Å². The molecule has 0 aliphatic rings. The SMILES string of the molecule is COCC(C)CNC(=O)c1sc2nc(C)ccc2c1N. The van der Waals surface area contributed by atoms with Crippen LogP contribution in [0.1, 0.15) is 22.3 Å². The minimum atomic E-state index is -0.147. The van der Waals surface area contributed by atoms with Crippen LogP contribution in [0.25, 0.3) is 10.2 Å². The quantitative estimate of drug-likeness (QED) is 0.886. The molecule has 1 unspecified atom stereocenters. The highest BCUT2D eigenvalue weighted by Gasteiger charge is 2.17. The number of anilines is 1. The molecule has 0 aromatic carbocycles. The second-order valence-corrected chi connectivity index (χ2v) is 5.92. The predicted molar refractivity (Wildman–Crippen MR) is 82.1 cm³/mol. The fourth-order valence-electron chi connectivity index (χ4n) is 1.95. The molecule has 5 nitrogen and oxygen atoms in total. The van der Waals surface area contributed by atoms with Crippen molar-refractivity contribution >= 4 is 33.1 Å². The molecule has 6 heteroatoms. The van der Waals surface area contributed by atoms with Gasteiger partial charge >= 0.3 is 0 Å². The lowest BCUT2D eigenvalue weighted by atomic mass is 10.2. The average Bonchev–Trinajstić information content (AvgIpc) is 2.73. The normalized spacial score (nSPS) is 12.6. The number of hydrogen-bond donors (Lipinski definition) is 2. The van der Waals surface area contributed by atoms with Crippen LogP contribution in [0, 0.1) is 12.8 Å². The molecule has 0 fully saturated rings. The van der Waals surface area contributed by atoms with Crippen molar-refractivity contribution in [1.29, 1.82) is 0 Å². The summed E-state index contributed by atoms with van der Waals surface area (Å²) in [6.07, 6.45) is 0. The summed E-state index contributed by atoms with van der Waals surface area (Å²) in [6, 6.07) is 3.81. The van der Waals surface area contributed by atoms with E-state index in [-0.39, 0.29) is 11.8 Å². The average molecular weight is 293 g/mol. The van der Waals surface area contributed by atoms with Gasteiger partial charge in [0.1, 0.15) is 9.71 Å². The van der Waals surface area contributed by atoms with E-state index in [0.29, 0.717) is 23.7 Å². The Bertz CT molecular complexity index is 624. The van der Waals surface area contributed by atoms with Gasteiger partial charge in [0.05, 0.1) is 12.3 Å². The van der Waals surface area contributed by atoms with Crippen LogP contribution in [0.4, 0.5) is 5.69 Å². The topological polar surface area (TPSA) is 77.2 Å². The number of thiophene rings is 1. The first kappa shape index (κ1) is 14.7. The van der Waals surface area contributed by atoms with Crippen molar-refractivity contribution in [3.63, 3.8) is 0 Å². The van der Waals surface area contributed by atoms with Crippen molar-refractivity contribution in [1.82, 2.24) is 10.3 Å². The highest BCUT2D eigenvalue weighted by atomic mass is 32.1. The number of nitrogens with zero attached hydrogens (tertiary/aromatic N) is 1. The van der Waals surface area contributed by atoms with Crippen LogP contribution in [0.5, 0.6) is 0 Å². The fourth-order valence-corrected chi connectivity index (χ4v) is 3.00. The van der Waals surface area contributed by atoms with Gasteiger partial charge in [0.25, 0.3) is 5.91 Å². The van der Waals surface area contributed by atoms with Crippen molar-refractivity contribution in [2.24, 2.45) is 5.92 Å². The Kier molecular flexibility index (Phi) is 4.57.